The molecule has 0 amide bonds. The molecule has 0 nitrogen and oxygen atoms in total. The Morgan fingerprint density at radius 1 is 1.20 bits per heavy atom. The van der Waals surface area contributed by atoms with Gasteiger partial charge < -0.3 is 0 Å². The molecule has 0 fully saturated rings. The van der Waals surface area contributed by atoms with Gasteiger partial charge in [0.1, 0.15) is 0 Å². The molecule has 0 bridgehead atoms. The van der Waals surface area contributed by atoms with E-state index >= 15 is 0 Å². The Hall–Kier alpha value is -1.04. The molecular formula is C15H24. The van der Waals surface area contributed by atoms with Crippen molar-refractivity contribution in [1.82, 2.24) is 0 Å². The first kappa shape index (κ1) is 14.0. The predicted molar refractivity (Wildman–Crippen MR) is 71.2 cm³/mol. The maximum atomic E-state index is 2.27. The molecule has 1 rings (SSSR count). The highest BCUT2D eigenvalue weighted by Gasteiger charge is 1.95. The van der Waals surface area contributed by atoms with Gasteiger partial charge in [-0.15, -0.1) is 0 Å². The Balaban J connectivity index is 0.000000921. The zero-order valence-electron chi connectivity index (χ0n) is 11.0. The van der Waals surface area contributed by atoms with Gasteiger partial charge >= 0.3 is 0 Å². The highest BCUT2D eigenvalue weighted by atomic mass is 14.0. The van der Waals surface area contributed by atoms with Gasteiger partial charge in [0.05, 0.1) is 0 Å². The van der Waals surface area contributed by atoms with Crippen molar-refractivity contribution in [2.75, 3.05) is 0 Å². The summed E-state index contributed by atoms with van der Waals surface area (Å²) in [6.45, 7) is 12.7. The summed E-state index contributed by atoms with van der Waals surface area (Å²) in [6, 6.07) is 6.60. The summed E-state index contributed by atoms with van der Waals surface area (Å²) in [6.07, 6.45) is 3.40. The standard InChI is InChI=1S/C13H18.C2H6/c1-5-10(2)9-13-7-6-11(3)8-12(13)4;1-2/h6-9H,5H2,1-4H3;1-2H3/b10-9-;. The van der Waals surface area contributed by atoms with Gasteiger partial charge in [-0.1, -0.05) is 56.2 Å². The maximum Gasteiger partial charge on any atom is -0.0228 e. The first-order valence-corrected chi connectivity index (χ1v) is 5.88. The van der Waals surface area contributed by atoms with E-state index in [4.69, 9.17) is 0 Å². The molecule has 0 aliphatic rings. The molecule has 0 spiro atoms. The van der Waals surface area contributed by atoms with Gasteiger partial charge in [0, 0.05) is 0 Å². The van der Waals surface area contributed by atoms with Crippen molar-refractivity contribution in [2.45, 2.75) is 48.0 Å². The summed E-state index contributed by atoms with van der Waals surface area (Å²) in [4.78, 5) is 0. The largest absolute Gasteiger partial charge is 0.0730 e. The fourth-order valence-electron chi connectivity index (χ4n) is 1.36. The Bertz CT molecular complexity index is 319. The second-order valence-corrected chi connectivity index (χ2v) is 3.70. The summed E-state index contributed by atoms with van der Waals surface area (Å²) in [5, 5.41) is 0. The first-order valence-electron chi connectivity index (χ1n) is 5.88. The number of hydrogen-bond acceptors (Lipinski definition) is 0. The van der Waals surface area contributed by atoms with Crippen LogP contribution in [-0.2, 0) is 0 Å². The van der Waals surface area contributed by atoms with E-state index in [1.165, 1.54) is 22.3 Å². The van der Waals surface area contributed by atoms with Crippen molar-refractivity contribution < 1.29 is 0 Å². The second kappa shape index (κ2) is 7.28. The fraction of sp³-hybridized carbons (Fsp3) is 0.467. The lowest BCUT2D eigenvalue weighted by Crippen LogP contribution is -1.83. The SMILES string of the molecule is CC.CC/C(C)=C\c1ccc(C)cc1C. The second-order valence-electron chi connectivity index (χ2n) is 3.70. The average molecular weight is 204 g/mol. The van der Waals surface area contributed by atoms with E-state index in [2.05, 4.69) is 52.0 Å². The smallest absolute Gasteiger partial charge is 0.0228 e. The topological polar surface area (TPSA) is 0 Å². The summed E-state index contributed by atoms with van der Waals surface area (Å²) < 4.78 is 0. The summed E-state index contributed by atoms with van der Waals surface area (Å²) in [5.74, 6) is 0. The minimum atomic E-state index is 1.13. The van der Waals surface area contributed by atoms with Crippen molar-refractivity contribution in [3.63, 3.8) is 0 Å². The monoisotopic (exact) mass is 204 g/mol. The van der Waals surface area contributed by atoms with Crippen molar-refractivity contribution >= 4 is 6.08 Å². The number of rotatable bonds is 2. The van der Waals surface area contributed by atoms with Crippen LogP contribution in [-0.4, -0.2) is 0 Å². The van der Waals surface area contributed by atoms with Gasteiger partial charge in [0.25, 0.3) is 0 Å². The molecule has 0 aromatic heterocycles. The van der Waals surface area contributed by atoms with E-state index in [-0.39, 0.29) is 0 Å². The van der Waals surface area contributed by atoms with Crippen LogP contribution in [0.1, 0.15) is 50.8 Å². The molecule has 0 atom stereocenters. The molecule has 0 aliphatic heterocycles. The van der Waals surface area contributed by atoms with Crippen LogP contribution in [0.3, 0.4) is 0 Å². The van der Waals surface area contributed by atoms with E-state index in [0.717, 1.165) is 6.42 Å². The fourth-order valence-corrected chi connectivity index (χ4v) is 1.36. The zero-order valence-corrected chi connectivity index (χ0v) is 11.0. The number of allylic oxidation sites excluding steroid dienone is 1. The van der Waals surface area contributed by atoms with Crippen LogP contribution in [0.2, 0.25) is 0 Å². The van der Waals surface area contributed by atoms with Crippen LogP contribution >= 0.6 is 0 Å². The number of aryl methyl sites for hydroxylation is 2. The number of hydrogen-bond donors (Lipinski definition) is 0. The molecule has 0 N–H and O–H groups in total. The third-order valence-electron chi connectivity index (χ3n) is 2.38. The van der Waals surface area contributed by atoms with Crippen LogP contribution in [0.15, 0.2) is 23.8 Å². The lowest BCUT2D eigenvalue weighted by atomic mass is 10.0. The van der Waals surface area contributed by atoms with Gasteiger partial charge in [-0.25, -0.2) is 0 Å². The Morgan fingerprint density at radius 2 is 1.80 bits per heavy atom. The van der Waals surface area contributed by atoms with E-state index in [0.29, 0.717) is 0 Å². The average Bonchev–Trinajstić information content (AvgIpc) is 2.25. The summed E-state index contributed by atoms with van der Waals surface area (Å²) in [5.41, 5.74) is 5.49. The predicted octanol–water partition coefficient (Wildman–Crippen LogP) is 5.14. The van der Waals surface area contributed by atoms with E-state index in [1.807, 2.05) is 13.8 Å². The lowest BCUT2D eigenvalue weighted by molar-refractivity contribution is 1.11. The zero-order chi connectivity index (χ0) is 11.8. The Morgan fingerprint density at radius 3 is 2.27 bits per heavy atom. The minimum absolute atomic E-state index is 1.13. The summed E-state index contributed by atoms with van der Waals surface area (Å²) in [7, 11) is 0. The quantitative estimate of drug-likeness (QED) is 0.625. The first-order chi connectivity index (χ1) is 7.13. The molecule has 84 valence electrons. The third-order valence-corrected chi connectivity index (χ3v) is 2.38. The van der Waals surface area contributed by atoms with Gasteiger partial charge in [0.2, 0.25) is 0 Å². The number of benzene rings is 1. The highest BCUT2D eigenvalue weighted by molar-refractivity contribution is 5.56. The van der Waals surface area contributed by atoms with E-state index in [1.54, 1.807) is 0 Å². The van der Waals surface area contributed by atoms with Crippen molar-refractivity contribution in [1.29, 1.82) is 0 Å². The molecule has 0 heterocycles. The van der Waals surface area contributed by atoms with Gasteiger partial charge in [-0.05, 0) is 38.3 Å². The van der Waals surface area contributed by atoms with Crippen molar-refractivity contribution in [2.24, 2.45) is 0 Å². The molecule has 0 unspecified atom stereocenters. The highest BCUT2D eigenvalue weighted by Crippen LogP contribution is 2.15. The summed E-state index contributed by atoms with van der Waals surface area (Å²) >= 11 is 0. The normalized spacial score (nSPS) is 10.7. The maximum absolute atomic E-state index is 2.27. The molecule has 0 radical (unpaired) electrons. The molecule has 1 aromatic rings. The van der Waals surface area contributed by atoms with Gasteiger partial charge in [0.15, 0.2) is 0 Å². The third kappa shape index (κ3) is 4.83. The van der Waals surface area contributed by atoms with Crippen molar-refractivity contribution in [3.8, 4) is 0 Å². The molecule has 0 aliphatic carbocycles. The molecule has 15 heavy (non-hydrogen) atoms. The van der Waals surface area contributed by atoms with Gasteiger partial charge in [-0.2, -0.15) is 0 Å². The lowest BCUT2D eigenvalue weighted by Gasteiger charge is -2.03. The van der Waals surface area contributed by atoms with E-state index < -0.39 is 0 Å². The van der Waals surface area contributed by atoms with Gasteiger partial charge in [-0.3, -0.25) is 0 Å². The van der Waals surface area contributed by atoms with Crippen LogP contribution in [0, 0.1) is 13.8 Å². The van der Waals surface area contributed by atoms with E-state index in [9.17, 15) is 0 Å². The molecule has 0 heteroatoms. The van der Waals surface area contributed by atoms with Crippen LogP contribution in [0.25, 0.3) is 6.08 Å². The Kier molecular flexibility index (Phi) is 6.77. The Labute approximate surface area is 95.0 Å². The van der Waals surface area contributed by atoms with Crippen molar-refractivity contribution in [3.05, 3.63) is 40.5 Å². The van der Waals surface area contributed by atoms with Crippen LogP contribution < -0.4 is 0 Å². The van der Waals surface area contributed by atoms with Crippen LogP contribution in [0.5, 0.6) is 0 Å². The molecule has 0 saturated heterocycles. The molecule has 0 saturated carbocycles. The van der Waals surface area contributed by atoms with Crippen LogP contribution in [0.4, 0.5) is 0 Å². The molecular weight excluding hydrogens is 180 g/mol. The molecule has 1 aromatic carbocycles. The minimum Gasteiger partial charge on any atom is -0.0730 e.